The van der Waals surface area contributed by atoms with Gasteiger partial charge in [-0.3, -0.25) is 9.98 Å². The van der Waals surface area contributed by atoms with Gasteiger partial charge in [0.2, 0.25) is 0 Å². The Morgan fingerprint density at radius 2 is 2.33 bits per heavy atom. The van der Waals surface area contributed by atoms with Gasteiger partial charge in [0.05, 0.1) is 11.4 Å². The fourth-order valence-corrected chi connectivity index (χ4v) is 1.24. The standard InChI is InChI=1S/C13H16N2/c1-4-10-14-12(6-3)13-9-7-8-11(5-2)15-13/h4,6-10H,1,5H2,2-3H3/b12-6-,14-10?. The van der Waals surface area contributed by atoms with Crippen LogP contribution in [0.25, 0.3) is 5.70 Å². The van der Waals surface area contributed by atoms with E-state index in [1.54, 1.807) is 12.3 Å². The molecule has 0 bridgehead atoms. The van der Waals surface area contributed by atoms with Crippen molar-refractivity contribution in [3.63, 3.8) is 0 Å². The smallest absolute Gasteiger partial charge is 0.0886 e. The molecule has 1 aromatic rings. The van der Waals surface area contributed by atoms with Crippen molar-refractivity contribution >= 4 is 11.9 Å². The van der Waals surface area contributed by atoms with Crippen LogP contribution in [0.3, 0.4) is 0 Å². The molecule has 0 unspecified atom stereocenters. The Morgan fingerprint density at radius 1 is 1.53 bits per heavy atom. The van der Waals surface area contributed by atoms with Gasteiger partial charge >= 0.3 is 0 Å². The van der Waals surface area contributed by atoms with E-state index in [1.807, 2.05) is 31.2 Å². The van der Waals surface area contributed by atoms with E-state index in [2.05, 4.69) is 23.5 Å². The number of rotatable bonds is 4. The van der Waals surface area contributed by atoms with Gasteiger partial charge in [0.1, 0.15) is 0 Å². The van der Waals surface area contributed by atoms with Crippen LogP contribution in [-0.4, -0.2) is 11.2 Å². The fraction of sp³-hybridized carbons (Fsp3) is 0.231. The SMILES string of the molecule is C=CC=N/C(=C\C)c1cccc(CC)n1. The minimum Gasteiger partial charge on any atom is -0.255 e. The van der Waals surface area contributed by atoms with E-state index in [1.165, 1.54) is 0 Å². The maximum atomic E-state index is 4.50. The van der Waals surface area contributed by atoms with Crippen LogP contribution in [0.5, 0.6) is 0 Å². The molecule has 0 saturated heterocycles. The third-order valence-electron chi connectivity index (χ3n) is 2.02. The highest BCUT2D eigenvalue weighted by molar-refractivity contribution is 5.78. The summed E-state index contributed by atoms with van der Waals surface area (Å²) in [5, 5.41) is 0. The molecule has 78 valence electrons. The number of aryl methyl sites for hydroxylation is 1. The molecule has 0 saturated carbocycles. The normalized spacial score (nSPS) is 12.0. The molecule has 0 spiro atoms. The average Bonchev–Trinajstić information content (AvgIpc) is 2.30. The first kappa shape index (κ1) is 11.4. The van der Waals surface area contributed by atoms with E-state index >= 15 is 0 Å². The lowest BCUT2D eigenvalue weighted by atomic mass is 10.2. The summed E-state index contributed by atoms with van der Waals surface area (Å²) in [4.78, 5) is 8.76. The molecule has 0 aliphatic heterocycles. The van der Waals surface area contributed by atoms with E-state index in [-0.39, 0.29) is 0 Å². The van der Waals surface area contributed by atoms with Gasteiger partial charge in [0.15, 0.2) is 0 Å². The van der Waals surface area contributed by atoms with Crippen molar-refractivity contribution in [2.75, 3.05) is 0 Å². The van der Waals surface area contributed by atoms with Gasteiger partial charge in [0, 0.05) is 11.9 Å². The molecule has 0 N–H and O–H groups in total. The van der Waals surface area contributed by atoms with E-state index in [4.69, 9.17) is 0 Å². The largest absolute Gasteiger partial charge is 0.255 e. The Balaban J connectivity index is 3.02. The number of aromatic nitrogens is 1. The zero-order valence-electron chi connectivity index (χ0n) is 9.27. The molecule has 1 rings (SSSR count). The number of nitrogens with zero attached hydrogens (tertiary/aromatic N) is 2. The lowest BCUT2D eigenvalue weighted by Crippen LogP contribution is -1.92. The van der Waals surface area contributed by atoms with Crippen LogP contribution in [-0.2, 0) is 6.42 Å². The second-order valence-corrected chi connectivity index (χ2v) is 3.06. The zero-order valence-corrected chi connectivity index (χ0v) is 9.27. The van der Waals surface area contributed by atoms with Crippen LogP contribution in [0.15, 0.2) is 41.9 Å². The molecule has 1 heterocycles. The summed E-state index contributed by atoms with van der Waals surface area (Å²) in [5.41, 5.74) is 2.88. The molecule has 0 atom stereocenters. The Hall–Kier alpha value is -1.70. The van der Waals surface area contributed by atoms with Gasteiger partial charge < -0.3 is 0 Å². The summed E-state index contributed by atoms with van der Waals surface area (Å²) in [6, 6.07) is 6.00. The molecular formula is C13H16N2. The lowest BCUT2D eigenvalue weighted by Gasteiger charge is -2.02. The van der Waals surface area contributed by atoms with Crippen molar-refractivity contribution in [2.45, 2.75) is 20.3 Å². The summed E-state index contributed by atoms with van der Waals surface area (Å²) in [5.74, 6) is 0. The third-order valence-corrected chi connectivity index (χ3v) is 2.02. The van der Waals surface area contributed by atoms with Crippen molar-refractivity contribution in [2.24, 2.45) is 4.99 Å². The molecule has 1 aromatic heterocycles. The number of aliphatic imine (C=N–C) groups is 1. The summed E-state index contributed by atoms with van der Waals surface area (Å²) < 4.78 is 0. The number of pyridine rings is 1. The van der Waals surface area contributed by atoms with Crippen molar-refractivity contribution in [1.29, 1.82) is 0 Å². The molecule has 0 aromatic carbocycles. The molecule has 0 aliphatic rings. The second-order valence-electron chi connectivity index (χ2n) is 3.06. The average molecular weight is 200 g/mol. The fourth-order valence-electron chi connectivity index (χ4n) is 1.24. The molecular weight excluding hydrogens is 184 g/mol. The van der Waals surface area contributed by atoms with Crippen LogP contribution in [0.4, 0.5) is 0 Å². The summed E-state index contributed by atoms with van der Waals surface area (Å²) in [7, 11) is 0. The highest BCUT2D eigenvalue weighted by Crippen LogP contribution is 2.13. The van der Waals surface area contributed by atoms with Crippen molar-refractivity contribution < 1.29 is 0 Å². The van der Waals surface area contributed by atoms with Crippen LogP contribution >= 0.6 is 0 Å². The highest BCUT2D eigenvalue weighted by atomic mass is 14.8. The Morgan fingerprint density at radius 3 is 2.93 bits per heavy atom. The van der Waals surface area contributed by atoms with Gasteiger partial charge in [-0.05, 0) is 25.5 Å². The summed E-state index contributed by atoms with van der Waals surface area (Å²) in [6.45, 7) is 7.64. The monoisotopic (exact) mass is 200 g/mol. The Bertz CT molecular complexity index is 389. The number of hydrogen-bond donors (Lipinski definition) is 0. The Kier molecular flexibility index (Phi) is 4.48. The molecule has 15 heavy (non-hydrogen) atoms. The summed E-state index contributed by atoms with van der Waals surface area (Å²) >= 11 is 0. The van der Waals surface area contributed by atoms with Gasteiger partial charge in [-0.15, -0.1) is 0 Å². The number of hydrogen-bond acceptors (Lipinski definition) is 2. The van der Waals surface area contributed by atoms with Crippen LogP contribution in [0.2, 0.25) is 0 Å². The predicted molar refractivity (Wildman–Crippen MR) is 66.0 cm³/mol. The quantitative estimate of drug-likeness (QED) is 0.685. The van der Waals surface area contributed by atoms with Crippen LogP contribution in [0, 0.1) is 0 Å². The van der Waals surface area contributed by atoms with Crippen molar-refractivity contribution in [3.05, 3.63) is 48.3 Å². The first-order chi connectivity index (χ1) is 7.31. The first-order valence-electron chi connectivity index (χ1n) is 5.09. The van der Waals surface area contributed by atoms with E-state index in [0.29, 0.717) is 0 Å². The highest BCUT2D eigenvalue weighted by Gasteiger charge is 2.00. The topological polar surface area (TPSA) is 25.2 Å². The molecule has 2 nitrogen and oxygen atoms in total. The first-order valence-corrected chi connectivity index (χ1v) is 5.09. The molecule has 0 aliphatic carbocycles. The number of allylic oxidation sites excluding steroid dienone is 2. The maximum absolute atomic E-state index is 4.50. The minimum atomic E-state index is 0.880. The van der Waals surface area contributed by atoms with Gasteiger partial charge in [0.25, 0.3) is 0 Å². The maximum Gasteiger partial charge on any atom is 0.0886 e. The van der Waals surface area contributed by atoms with Gasteiger partial charge in [-0.2, -0.15) is 0 Å². The van der Waals surface area contributed by atoms with Crippen molar-refractivity contribution in [1.82, 2.24) is 4.98 Å². The molecule has 2 heteroatoms. The minimum absolute atomic E-state index is 0.880. The van der Waals surface area contributed by atoms with Gasteiger partial charge in [-0.1, -0.05) is 31.7 Å². The van der Waals surface area contributed by atoms with Gasteiger partial charge in [-0.25, -0.2) is 0 Å². The van der Waals surface area contributed by atoms with E-state index in [0.717, 1.165) is 23.5 Å². The van der Waals surface area contributed by atoms with E-state index < -0.39 is 0 Å². The lowest BCUT2D eigenvalue weighted by molar-refractivity contribution is 1.02. The summed E-state index contributed by atoms with van der Waals surface area (Å²) in [6.07, 6.45) is 6.22. The Labute approximate surface area is 91.1 Å². The second kappa shape index (κ2) is 5.91. The van der Waals surface area contributed by atoms with E-state index in [9.17, 15) is 0 Å². The van der Waals surface area contributed by atoms with Crippen LogP contribution in [0.1, 0.15) is 25.2 Å². The van der Waals surface area contributed by atoms with Crippen LogP contribution < -0.4 is 0 Å². The third kappa shape index (κ3) is 3.17. The molecule has 0 amide bonds. The zero-order chi connectivity index (χ0) is 11.1. The molecule has 0 radical (unpaired) electrons. The predicted octanol–water partition coefficient (Wildman–Crippen LogP) is 3.26. The van der Waals surface area contributed by atoms with Crippen molar-refractivity contribution in [3.8, 4) is 0 Å². The molecule has 0 fully saturated rings.